The summed E-state index contributed by atoms with van der Waals surface area (Å²) in [7, 11) is 0. The van der Waals surface area contributed by atoms with Crippen LogP contribution in [0.2, 0.25) is 0 Å². The molecule has 27 heavy (non-hydrogen) atoms. The monoisotopic (exact) mass is 366 g/mol. The molecule has 1 saturated heterocycles. The van der Waals surface area contributed by atoms with Crippen LogP contribution in [0.1, 0.15) is 18.3 Å². The average molecular weight is 366 g/mol. The number of carbonyl (C=O) groups excluding carboxylic acids is 2. The highest BCUT2D eigenvalue weighted by molar-refractivity contribution is 6.06. The van der Waals surface area contributed by atoms with E-state index in [-0.39, 0.29) is 18.3 Å². The molecule has 1 aliphatic heterocycles. The summed E-state index contributed by atoms with van der Waals surface area (Å²) in [5.74, 6) is -0.499. The normalized spacial score (nSPS) is 19.4. The molecular formula is C19H15FN4O3. The molecule has 0 spiro atoms. The first-order valence-corrected chi connectivity index (χ1v) is 8.23. The summed E-state index contributed by atoms with van der Waals surface area (Å²) in [6.45, 7) is 1.57. The van der Waals surface area contributed by atoms with Crippen LogP contribution in [0.15, 0.2) is 59.3 Å². The van der Waals surface area contributed by atoms with Gasteiger partial charge in [0.1, 0.15) is 12.1 Å². The molecular weight excluding hydrogens is 351 g/mol. The average Bonchev–Trinajstić information content (AvgIpc) is 3.23. The quantitative estimate of drug-likeness (QED) is 0.718. The zero-order valence-corrected chi connectivity index (χ0v) is 14.3. The lowest BCUT2D eigenvalue weighted by Gasteiger charge is -2.20. The molecule has 3 amide bonds. The standard InChI is InChI=1S/C19H15FN4O3/c1-19(15-4-2-3-9-21-15)17(25)24(18(26)23-19)10-14-11-27-16(22-14)12-5-7-13(20)8-6-12/h2-9,11H,10H2,1H3,(H,23,26). The summed E-state index contributed by atoms with van der Waals surface area (Å²) in [5.41, 5.74) is 0.223. The number of nitrogens with one attached hydrogen (secondary N) is 1. The minimum absolute atomic E-state index is 0.0439. The molecule has 7 nitrogen and oxygen atoms in total. The molecule has 1 atom stereocenters. The maximum atomic E-state index is 13.0. The van der Waals surface area contributed by atoms with Crippen LogP contribution in [0.4, 0.5) is 9.18 Å². The van der Waals surface area contributed by atoms with Crippen molar-refractivity contribution in [3.05, 3.63) is 72.1 Å². The van der Waals surface area contributed by atoms with Crippen molar-refractivity contribution in [2.45, 2.75) is 19.0 Å². The highest BCUT2D eigenvalue weighted by Gasteiger charge is 2.50. The van der Waals surface area contributed by atoms with E-state index in [0.29, 0.717) is 17.0 Å². The lowest BCUT2D eigenvalue weighted by atomic mass is 9.97. The summed E-state index contributed by atoms with van der Waals surface area (Å²) in [6.07, 6.45) is 2.94. The molecule has 0 aliphatic carbocycles. The number of hydrogen-bond donors (Lipinski definition) is 1. The lowest BCUT2D eigenvalue weighted by molar-refractivity contribution is -0.131. The molecule has 0 radical (unpaired) electrons. The topological polar surface area (TPSA) is 88.3 Å². The van der Waals surface area contributed by atoms with E-state index in [0.717, 1.165) is 4.90 Å². The highest BCUT2D eigenvalue weighted by Crippen LogP contribution is 2.28. The Labute approximate surface area is 153 Å². The molecule has 1 N–H and O–H groups in total. The van der Waals surface area contributed by atoms with Crippen LogP contribution in [0.3, 0.4) is 0 Å². The number of halogens is 1. The number of nitrogens with zero attached hydrogens (tertiary/aromatic N) is 3. The SMILES string of the molecule is CC1(c2ccccn2)NC(=O)N(Cc2coc(-c3ccc(F)cc3)n2)C1=O. The summed E-state index contributed by atoms with van der Waals surface area (Å²) >= 11 is 0. The Morgan fingerprint density at radius 2 is 1.96 bits per heavy atom. The van der Waals surface area contributed by atoms with Gasteiger partial charge in [0, 0.05) is 11.8 Å². The van der Waals surface area contributed by atoms with Gasteiger partial charge in [-0.15, -0.1) is 0 Å². The molecule has 0 saturated carbocycles. The summed E-state index contributed by atoms with van der Waals surface area (Å²) in [6, 6.07) is 10.3. The number of hydrogen-bond acceptors (Lipinski definition) is 5. The number of benzene rings is 1. The Hall–Kier alpha value is -3.55. The molecule has 0 bridgehead atoms. The van der Waals surface area contributed by atoms with Gasteiger partial charge in [-0.05, 0) is 43.3 Å². The van der Waals surface area contributed by atoms with E-state index in [1.54, 1.807) is 31.3 Å². The maximum Gasteiger partial charge on any atom is 0.325 e. The van der Waals surface area contributed by atoms with Crippen LogP contribution in [0, 0.1) is 5.82 Å². The summed E-state index contributed by atoms with van der Waals surface area (Å²) in [5, 5.41) is 2.69. The van der Waals surface area contributed by atoms with Crippen molar-refractivity contribution in [1.82, 2.24) is 20.2 Å². The highest BCUT2D eigenvalue weighted by atomic mass is 19.1. The largest absolute Gasteiger partial charge is 0.444 e. The van der Waals surface area contributed by atoms with Gasteiger partial charge in [-0.25, -0.2) is 14.2 Å². The van der Waals surface area contributed by atoms with Gasteiger partial charge in [0.05, 0.1) is 17.9 Å². The molecule has 3 aromatic rings. The zero-order valence-electron chi connectivity index (χ0n) is 14.3. The van der Waals surface area contributed by atoms with Crippen molar-refractivity contribution in [2.75, 3.05) is 0 Å². The van der Waals surface area contributed by atoms with Crippen LogP contribution in [-0.2, 0) is 16.9 Å². The molecule has 1 unspecified atom stereocenters. The van der Waals surface area contributed by atoms with Crippen molar-refractivity contribution < 1.29 is 18.4 Å². The number of pyridine rings is 1. The summed E-state index contributed by atoms with van der Waals surface area (Å²) < 4.78 is 18.4. The zero-order chi connectivity index (χ0) is 19.0. The fourth-order valence-electron chi connectivity index (χ4n) is 2.94. The molecule has 8 heteroatoms. The first-order chi connectivity index (χ1) is 13.0. The Balaban J connectivity index is 1.56. The predicted octanol–water partition coefficient (Wildman–Crippen LogP) is 2.84. The van der Waals surface area contributed by atoms with Crippen LogP contribution in [0.25, 0.3) is 11.5 Å². The number of imide groups is 1. The summed E-state index contributed by atoms with van der Waals surface area (Å²) in [4.78, 5) is 34.8. The Morgan fingerprint density at radius 3 is 2.67 bits per heavy atom. The van der Waals surface area contributed by atoms with E-state index in [1.165, 1.54) is 30.5 Å². The fraction of sp³-hybridized carbons (Fsp3) is 0.158. The third kappa shape index (κ3) is 2.95. The Kier molecular flexibility index (Phi) is 3.95. The first-order valence-electron chi connectivity index (χ1n) is 8.23. The molecule has 2 aromatic heterocycles. The minimum atomic E-state index is -1.23. The van der Waals surface area contributed by atoms with Gasteiger partial charge in [0.2, 0.25) is 5.89 Å². The van der Waals surface area contributed by atoms with Crippen molar-refractivity contribution in [2.24, 2.45) is 0 Å². The van der Waals surface area contributed by atoms with Gasteiger partial charge in [0.25, 0.3) is 5.91 Å². The minimum Gasteiger partial charge on any atom is -0.444 e. The molecule has 1 aliphatic rings. The van der Waals surface area contributed by atoms with Gasteiger partial charge in [-0.2, -0.15) is 0 Å². The molecule has 136 valence electrons. The van der Waals surface area contributed by atoms with Crippen LogP contribution in [-0.4, -0.2) is 26.8 Å². The van der Waals surface area contributed by atoms with Gasteiger partial charge < -0.3 is 9.73 Å². The number of carbonyl (C=O) groups is 2. The van der Waals surface area contributed by atoms with Crippen LogP contribution >= 0.6 is 0 Å². The van der Waals surface area contributed by atoms with E-state index in [4.69, 9.17) is 4.42 Å². The number of amides is 3. The van der Waals surface area contributed by atoms with Crippen molar-refractivity contribution in [1.29, 1.82) is 0 Å². The molecule has 1 aromatic carbocycles. The number of rotatable bonds is 4. The van der Waals surface area contributed by atoms with Gasteiger partial charge >= 0.3 is 6.03 Å². The van der Waals surface area contributed by atoms with E-state index in [2.05, 4.69) is 15.3 Å². The number of aromatic nitrogens is 2. The van der Waals surface area contributed by atoms with Crippen LogP contribution < -0.4 is 5.32 Å². The van der Waals surface area contributed by atoms with Crippen molar-refractivity contribution in [3.63, 3.8) is 0 Å². The van der Waals surface area contributed by atoms with Crippen LogP contribution in [0.5, 0.6) is 0 Å². The maximum absolute atomic E-state index is 13.0. The second-order valence-corrected chi connectivity index (χ2v) is 6.31. The molecule has 3 heterocycles. The van der Waals surface area contributed by atoms with Gasteiger partial charge in [-0.3, -0.25) is 14.7 Å². The van der Waals surface area contributed by atoms with E-state index in [1.807, 2.05) is 0 Å². The van der Waals surface area contributed by atoms with E-state index < -0.39 is 17.5 Å². The fourth-order valence-corrected chi connectivity index (χ4v) is 2.94. The molecule has 1 fully saturated rings. The second-order valence-electron chi connectivity index (χ2n) is 6.31. The molecule has 4 rings (SSSR count). The smallest absolute Gasteiger partial charge is 0.325 e. The van der Waals surface area contributed by atoms with Crippen molar-refractivity contribution in [3.8, 4) is 11.5 Å². The number of urea groups is 1. The van der Waals surface area contributed by atoms with E-state index in [9.17, 15) is 14.0 Å². The third-order valence-corrected chi connectivity index (χ3v) is 4.42. The number of oxazole rings is 1. The second kappa shape index (κ2) is 6.31. The Bertz CT molecular complexity index is 1000. The Morgan fingerprint density at radius 1 is 1.19 bits per heavy atom. The van der Waals surface area contributed by atoms with Crippen molar-refractivity contribution >= 4 is 11.9 Å². The van der Waals surface area contributed by atoms with Gasteiger partial charge in [0.15, 0.2) is 5.54 Å². The third-order valence-electron chi connectivity index (χ3n) is 4.42. The first kappa shape index (κ1) is 16.9. The predicted molar refractivity (Wildman–Crippen MR) is 92.6 cm³/mol. The van der Waals surface area contributed by atoms with Gasteiger partial charge in [-0.1, -0.05) is 6.07 Å². The van der Waals surface area contributed by atoms with E-state index >= 15 is 0 Å². The lowest BCUT2D eigenvalue weighted by Crippen LogP contribution is -2.41.